The molecule has 1 aromatic carbocycles. The van der Waals surface area contributed by atoms with Gasteiger partial charge in [-0.2, -0.15) is 17.0 Å². The third kappa shape index (κ3) is 7.72. The number of piperazine rings is 1. The maximum absolute atomic E-state index is 13.8. The summed E-state index contributed by atoms with van der Waals surface area (Å²) >= 11 is 5.94. The normalized spacial score (nSPS) is 21.7. The molecule has 2 fully saturated rings. The zero-order chi connectivity index (χ0) is 27.7. The van der Waals surface area contributed by atoms with Gasteiger partial charge in [-0.3, -0.25) is 4.79 Å². The van der Waals surface area contributed by atoms with Gasteiger partial charge < -0.3 is 23.8 Å². The van der Waals surface area contributed by atoms with E-state index in [9.17, 15) is 18.0 Å². The summed E-state index contributed by atoms with van der Waals surface area (Å²) < 4.78 is 51.7. The molecular weight excluding hydrogens is 538 g/mol. The summed E-state index contributed by atoms with van der Waals surface area (Å²) in [6.07, 6.45) is 1.52. The van der Waals surface area contributed by atoms with Gasteiger partial charge >= 0.3 is 12.1 Å². The highest BCUT2D eigenvalue weighted by Crippen LogP contribution is 2.28. The molecule has 0 spiro atoms. The number of amides is 1. The molecule has 11 nitrogen and oxygen atoms in total. The fraction of sp³-hybridized carbons (Fsp3) is 0.680. The van der Waals surface area contributed by atoms with Crippen LogP contribution in [0.4, 0.5) is 4.79 Å². The number of carbonyl (C=O) groups excluding carboxylic acids is 2. The molecule has 0 aliphatic carbocycles. The Morgan fingerprint density at radius 2 is 1.71 bits per heavy atom. The second-order valence-corrected chi connectivity index (χ2v) is 11.5. The summed E-state index contributed by atoms with van der Waals surface area (Å²) in [5.41, 5.74) is 0. The number of halogens is 1. The van der Waals surface area contributed by atoms with Crippen LogP contribution in [0.1, 0.15) is 39.5 Å². The number of benzene rings is 1. The van der Waals surface area contributed by atoms with Crippen LogP contribution in [0, 0.1) is 0 Å². The van der Waals surface area contributed by atoms with E-state index in [1.165, 1.54) is 20.6 Å². The largest absolute Gasteiger partial charge is 0.490 e. The SMILES string of the molecule is CCC[C@@H]1CN(S(=O)(=O)N2CCC(Oc3ccc(Cl)cc3)CC2)[C@H](C(=O)OCC)CN1C(=O)OCCOC. The van der Waals surface area contributed by atoms with Gasteiger partial charge in [0.15, 0.2) is 0 Å². The summed E-state index contributed by atoms with van der Waals surface area (Å²) in [6, 6.07) is 5.43. The predicted octanol–water partition coefficient (Wildman–Crippen LogP) is 2.93. The predicted molar refractivity (Wildman–Crippen MR) is 141 cm³/mol. The fourth-order valence-electron chi connectivity index (χ4n) is 4.68. The van der Waals surface area contributed by atoms with Crippen LogP contribution in [0.15, 0.2) is 24.3 Å². The Labute approximate surface area is 230 Å². The van der Waals surface area contributed by atoms with Gasteiger partial charge in [-0.15, -0.1) is 0 Å². The topological polar surface area (TPSA) is 115 Å². The maximum Gasteiger partial charge on any atom is 0.410 e. The Hall–Kier alpha value is -2.12. The van der Waals surface area contributed by atoms with Crippen LogP contribution < -0.4 is 4.74 Å². The molecule has 1 aromatic rings. The Balaban J connectivity index is 1.74. The van der Waals surface area contributed by atoms with E-state index >= 15 is 0 Å². The minimum atomic E-state index is -4.03. The molecule has 3 rings (SSSR count). The molecule has 1 amide bonds. The number of esters is 1. The number of ether oxygens (including phenoxy) is 4. The van der Waals surface area contributed by atoms with Crippen LogP contribution in [0.3, 0.4) is 0 Å². The fourth-order valence-corrected chi connectivity index (χ4v) is 6.61. The first-order valence-electron chi connectivity index (χ1n) is 13.0. The molecule has 2 aliphatic rings. The lowest BCUT2D eigenvalue weighted by Gasteiger charge is -2.45. The van der Waals surface area contributed by atoms with Crippen molar-refractivity contribution in [2.75, 3.05) is 53.1 Å². The van der Waals surface area contributed by atoms with Gasteiger partial charge in [-0.1, -0.05) is 24.9 Å². The highest BCUT2D eigenvalue weighted by molar-refractivity contribution is 7.86. The molecule has 0 aromatic heterocycles. The van der Waals surface area contributed by atoms with E-state index in [0.717, 1.165) is 6.42 Å². The van der Waals surface area contributed by atoms with Gasteiger partial charge in [-0.25, -0.2) is 4.79 Å². The van der Waals surface area contributed by atoms with Crippen molar-refractivity contribution in [2.24, 2.45) is 0 Å². The van der Waals surface area contributed by atoms with Gasteiger partial charge in [-0.05, 0) is 50.5 Å². The molecule has 2 aliphatic heterocycles. The molecular formula is C25H38ClN3O8S. The van der Waals surface area contributed by atoms with Crippen molar-refractivity contribution in [2.45, 2.75) is 57.7 Å². The van der Waals surface area contributed by atoms with Crippen molar-refractivity contribution in [1.29, 1.82) is 0 Å². The molecule has 214 valence electrons. The van der Waals surface area contributed by atoms with E-state index in [-0.39, 0.29) is 52.1 Å². The van der Waals surface area contributed by atoms with Crippen LogP contribution >= 0.6 is 11.6 Å². The Bertz CT molecular complexity index is 1020. The van der Waals surface area contributed by atoms with Gasteiger partial charge in [0, 0.05) is 37.8 Å². The first-order valence-corrected chi connectivity index (χ1v) is 14.8. The summed E-state index contributed by atoms with van der Waals surface area (Å²) in [5, 5.41) is 0.610. The number of carbonyl (C=O) groups is 2. The van der Waals surface area contributed by atoms with Gasteiger partial charge in [0.05, 0.1) is 19.8 Å². The number of nitrogens with zero attached hydrogens (tertiary/aromatic N) is 3. The molecule has 2 atom stereocenters. The summed E-state index contributed by atoms with van der Waals surface area (Å²) in [5.74, 6) is -0.0179. The molecule has 0 unspecified atom stereocenters. The first kappa shape index (κ1) is 30.4. The smallest absolute Gasteiger partial charge is 0.410 e. The quantitative estimate of drug-likeness (QED) is 0.292. The first-order chi connectivity index (χ1) is 18.2. The summed E-state index contributed by atoms with van der Waals surface area (Å²) in [6.45, 7) is 4.30. The van der Waals surface area contributed by atoms with E-state index in [4.69, 9.17) is 30.5 Å². The van der Waals surface area contributed by atoms with Crippen molar-refractivity contribution < 1.29 is 37.0 Å². The average molecular weight is 576 g/mol. The monoisotopic (exact) mass is 575 g/mol. The van der Waals surface area contributed by atoms with Crippen LogP contribution in [-0.2, 0) is 29.2 Å². The average Bonchev–Trinajstić information content (AvgIpc) is 2.90. The van der Waals surface area contributed by atoms with Crippen molar-refractivity contribution >= 4 is 33.9 Å². The van der Waals surface area contributed by atoms with E-state index in [1.54, 1.807) is 31.2 Å². The van der Waals surface area contributed by atoms with E-state index in [0.29, 0.717) is 30.0 Å². The third-order valence-corrected chi connectivity index (χ3v) is 8.88. The lowest BCUT2D eigenvalue weighted by atomic mass is 10.1. The van der Waals surface area contributed by atoms with Crippen molar-refractivity contribution in [3.05, 3.63) is 29.3 Å². The van der Waals surface area contributed by atoms with Crippen LogP contribution in [0.25, 0.3) is 0 Å². The van der Waals surface area contributed by atoms with Crippen molar-refractivity contribution in [3.8, 4) is 5.75 Å². The third-order valence-electron chi connectivity index (χ3n) is 6.62. The molecule has 0 radical (unpaired) electrons. The van der Waals surface area contributed by atoms with Gasteiger partial charge in [0.1, 0.15) is 24.5 Å². The standard InChI is InChI=1S/C25H38ClN3O8S/c1-4-6-20-17-29(23(24(30)35-5-2)18-28(20)25(31)36-16-15-34-3)38(32,33)27-13-11-22(12-14-27)37-21-9-7-19(26)8-10-21/h7-10,20,22-23H,4-6,11-18H2,1-3H3/t20-,23+/m1/s1. The van der Waals surface area contributed by atoms with E-state index in [1.807, 2.05) is 6.92 Å². The van der Waals surface area contributed by atoms with E-state index < -0.39 is 34.4 Å². The Kier molecular flexibility index (Phi) is 11.5. The van der Waals surface area contributed by atoms with Crippen molar-refractivity contribution in [3.63, 3.8) is 0 Å². The number of piperidine rings is 1. The second-order valence-electron chi connectivity index (χ2n) is 9.22. The molecule has 38 heavy (non-hydrogen) atoms. The molecule has 13 heteroatoms. The summed E-state index contributed by atoms with van der Waals surface area (Å²) in [7, 11) is -2.53. The zero-order valence-corrected chi connectivity index (χ0v) is 23.8. The Morgan fingerprint density at radius 1 is 1.03 bits per heavy atom. The van der Waals surface area contributed by atoms with Crippen molar-refractivity contribution in [1.82, 2.24) is 13.5 Å². The van der Waals surface area contributed by atoms with E-state index in [2.05, 4.69) is 0 Å². The summed E-state index contributed by atoms with van der Waals surface area (Å²) in [4.78, 5) is 27.2. The maximum atomic E-state index is 13.8. The minimum absolute atomic E-state index is 0.0275. The number of hydrogen-bond donors (Lipinski definition) is 0. The number of rotatable bonds is 11. The molecule has 0 bridgehead atoms. The molecule has 2 heterocycles. The van der Waals surface area contributed by atoms with Crippen LogP contribution in [0.5, 0.6) is 5.75 Å². The Morgan fingerprint density at radius 3 is 2.32 bits per heavy atom. The van der Waals surface area contributed by atoms with Crippen LogP contribution in [-0.4, -0.2) is 105 Å². The molecule has 0 saturated carbocycles. The zero-order valence-electron chi connectivity index (χ0n) is 22.2. The lowest BCUT2D eigenvalue weighted by molar-refractivity contribution is -0.150. The highest BCUT2D eigenvalue weighted by Gasteiger charge is 2.48. The number of hydrogen-bond acceptors (Lipinski definition) is 8. The van der Waals surface area contributed by atoms with Gasteiger partial charge in [0.25, 0.3) is 10.2 Å². The van der Waals surface area contributed by atoms with Gasteiger partial charge in [0.2, 0.25) is 0 Å². The minimum Gasteiger partial charge on any atom is -0.490 e. The lowest BCUT2D eigenvalue weighted by Crippen LogP contribution is -2.66. The molecule has 2 saturated heterocycles. The number of methoxy groups -OCH3 is 1. The van der Waals surface area contributed by atoms with Crippen LogP contribution in [0.2, 0.25) is 5.02 Å². The highest BCUT2D eigenvalue weighted by atomic mass is 35.5. The molecule has 0 N–H and O–H groups in total. The second kappa shape index (κ2) is 14.3.